The molecule has 3 unspecified atom stereocenters. The fraction of sp³-hybridized carbons (Fsp3) is 0.500. The minimum atomic E-state index is -0.508. The number of aromatic nitrogens is 1. The van der Waals surface area contributed by atoms with Crippen molar-refractivity contribution in [2.45, 2.75) is 70.9 Å². The zero-order valence-corrected chi connectivity index (χ0v) is 23.1. The van der Waals surface area contributed by atoms with Crippen LogP contribution in [0.2, 0.25) is 0 Å². The number of aliphatic imine (C=N–C) groups is 1. The third-order valence-corrected chi connectivity index (χ3v) is 8.26. The first-order valence-electron chi connectivity index (χ1n) is 14.1. The van der Waals surface area contributed by atoms with Crippen molar-refractivity contribution in [3.63, 3.8) is 0 Å². The lowest BCUT2D eigenvalue weighted by atomic mass is 9.88. The summed E-state index contributed by atoms with van der Waals surface area (Å²) in [5.74, 6) is 0.749. The summed E-state index contributed by atoms with van der Waals surface area (Å²) >= 11 is 0. The van der Waals surface area contributed by atoms with Crippen LogP contribution < -0.4 is 0 Å². The summed E-state index contributed by atoms with van der Waals surface area (Å²) in [4.78, 5) is 40.8. The van der Waals surface area contributed by atoms with Gasteiger partial charge in [0.25, 0.3) is 11.8 Å². The van der Waals surface area contributed by atoms with Crippen LogP contribution in [0.3, 0.4) is 0 Å². The lowest BCUT2D eigenvalue weighted by molar-refractivity contribution is -0.132. The highest BCUT2D eigenvalue weighted by molar-refractivity contribution is 6.39. The summed E-state index contributed by atoms with van der Waals surface area (Å²) in [7, 11) is 0. The average Bonchev–Trinajstić information content (AvgIpc) is 3.75. The number of carbonyl (C=O) groups excluding carboxylic acids is 2. The Labute approximate surface area is 226 Å². The van der Waals surface area contributed by atoms with Crippen molar-refractivity contribution in [3.8, 4) is 0 Å². The van der Waals surface area contributed by atoms with E-state index in [2.05, 4.69) is 55.2 Å². The Balaban J connectivity index is 1.30. The summed E-state index contributed by atoms with van der Waals surface area (Å²) in [5.41, 5.74) is 2.96. The third-order valence-electron chi connectivity index (χ3n) is 8.26. The van der Waals surface area contributed by atoms with Crippen LogP contribution in [0.4, 0.5) is 0 Å². The third kappa shape index (κ3) is 5.74. The monoisotopic (exact) mass is 512 g/mol. The average molecular weight is 513 g/mol. The van der Waals surface area contributed by atoms with Gasteiger partial charge < -0.3 is 9.80 Å². The van der Waals surface area contributed by atoms with E-state index in [-0.39, 0.29) is 29.7 Å². The van der Waals surface area contributed by atoms with E-state index in [0.29, 0.717) is 37.0 Å². The van der Waals surface area contributed by atoms with E-state index in [9.17, 15) is 9.59 Å². The Kier molecular flexibility index (Phi) is 7.51. The van der Waals surface area contributed by atoms with Crippen LogP contribution in [0.15, 0.2) is 65.7 Å². The maximum atomic E-state index is 14.0. The zero-order valence-electron chi connectivity index (χ0n) is 23.1. The van der Waals surface area contributed by atoms with E-state index in [1.54, 1.807) is 0 Å². The Hall–Kier alpha value is -3.28. The Bertz CT molecular complexity index is 1230. The predicted molar refractivity (Wildman–Crippen MR) is 151 cm³/mol. The van der Waals surface area contributed by atoms with E-state index < -0.39 is 5.54 Å². The molecule has 0 bridgehead atoms. The number of carbonyl (C=O) groups is 2. The van der Waals surface area contributed by atoms with Gasteiger partial charge in [-0.15, -0.1) is 0 Å². The van der Waals surface area contributed by atoms with Crippen LogP contribution in [0, 0.1) is 11.8 Å². The molecule has 2 fully saturated rings. The maximum absolute atomic E-state index is 14.0. The van der Waals surface area contributed by atoms with E-state index in [1.807, 2.05) is 47.9 Å². The van der Waals surface area contributed by atoms with Crippen LogP contribution in [0.5, 0.6) is 0 Å². The van der Waals surface area contributed by atoms with Crippen molar-refractivity contribution in [1.29, 1.82) is 0 Å². The van der Waals surface area contributed by atoms with E-state index in [0.717, 1.165) is 31.4 Å². The first-order valence-corrected chi connectivity index (χ1v) is 14.1. The molecule has 1 aliphatic carbocycles. The standard InChI is InChI=1S/C32H40N4O2/c1-22-10-8-13-26(20-24-11-6-5-7-12-24)23(2)33-29(22)31(38)36-19-18-35(21-32(36,3)4)30(37)28-15-9-14-27(34-28)25-16-17-25/h5-9,11-15,22-23,25-26H,10,16-21H2,1-4H3. The minimum Gasteiger partial charge on any atom is -0.333 e. The second-order valence-corrected chi connectivity index (χ2v) is 11.9. The molecule has 3 atom stereocenters. The van der Waals surface area contributed by atoms with Gasteiger partial charge >= 0.3 is 0 Å². The van der Waals surface area contributed by atoms with Gasteiger partial charge in [-0.3, -0.25) is 14.6 Å². The fourth-order valence-corrected chi connectivity index (χ4v) is 5.75. The zero-order chi connectivity index (χ0) is 26.9. The number of pyridine rings is 1. The molecule has 3 heterocycles. The molecule has 6 nitrogen and oxygen atoms in total. The van der Waals surface area contributed by atoms with Crippen molar-refractivity contribution >= 4 is 17.5 Å². The number of nitrogens with zero attached hydrogens (tertiary/aromatic N) is 4. The number of hydrogen-bond donors (Lipinski definition) is 0. The summed E-state index contributed by atoms with van der Waals surface area (Å²) < 4.78 is 0. The second-order valence-electron chi connectivity index (χ2n) is 11.9. The molecule has 1 saturated carbocycles. The van der Waals surface area contributed by atoms with Gasteiger partial charge in [-0.25, -0.2) is 4.98 Å². The van der Waals surface area contributed by atoms with Crippen LogP contribution in [-0.4, -0.2) is 63.5 Å². The molecule has 2 aromatic rings. The molecule has 3 aliphatic rings. The summed E-state index contributed by atoms with van der Waals surface area (Å²) in [6, 6.07) is 16.2. The van der Waals surface area contributed by atoms with Crippen molar-refractivity contribution in [2.75, 3.05) is 19.6 Å². The number of allylic oxidation sites excluding steroid dienone is 1. The molecule has 1 saturated heterocycles. The predicted octanol–water partition coefficient (Wildman–Crippen LogP) is 5.31. The van der Waals surface area contributed by atoms with Gasteiger partial charge in [0.1, 0.15) is 11.4 Å². The molecule has 5 rings (SSSR count). The van der Waals surface area contributed by atoms with Crippen molar-refractivity contribution in [3.05, 3.63) is 77.6 Å². The summed E-state index contributed by atoms with van der Waals surface area (Å²) in [5, 5.41) is 0. The Morgan fingerprint density at radius 2 is 1.74 bits per heavy atom. The van der Waals surface area contributed by atoms with E-state index in [4.69, 9.17) is 4.99 Å². The van der Waals surface area contributed by atoms with Crippen LogP contribution in [0.1, 0.15) is 74.6 Å². The van der Waals surface area contributed by atoms with Gasteiger partial charge in [0.05, 0.1) is 11.6 Å². The molecule has 0 spiro atoms. The summed E-state index contributed by atoms with van der Waals surface area (Å²) in [6.45, 7) is 9.77. The highest BCUT2D eigenvalue weighted by atomic mass is 16.2. The van der Waals surface area contributed by atoms with Gasteiger partial charge in [0.15, 0.2) is 0 Å². The van der Waals surface area contributed by atoms with Crippen molar-refractivity contribution in [2.24, 2.45) is 16.8 Å². The van der Waals surface area contributed by atoms with Crippen LogP contribution >= 0.6 is 0 Å². The molecule has 2 amide bonds. The SMILES string of the molecule is CC1CC=CC(Cc2ccccc2)C(C)N=C1C(=O)N1CCN(C(=O)c2cccc(C3CC3)n2)CC1(C)C. The van der Waals surface area contributed by atoms with Crippen LogP contribution in [-0.2, 0) is 11.2 Å². The van der Waals surface area contributed by atoms with Gasteiger partial charge in [-0.1, -0.05) is 55.5 Å². The largest absolute Gasteiger partial charge is 0.333 e. The van der Waals surface area contributed by atoms with E-state index in [1.165, 1.54) is 5.56 Å². The van der Waals surface area contributed by atoms with Crippen molar-refractivity contribution < 1.29 is 9.59 Å². The molecule has 38 heavy (non-hydrogen) atoms. The molecule has 0 radical (unpaired) electrons. The summed E-state index contributed by atoms with van der Waals surface area (Å²) in [6.07, 6.45) is 8.51. The molecule has 0 N–H and O–H groups in total. The molecule has 200 valence electrons. The molecular formula is C32H40N4O2. The fourth-order valence-electron chi connectivity index (χ4n) is 5.75. The number of piperazine rings is 1. The van der Waals surface area contributed by atoms with Gasteiger partial charge in [0.2, 0.25) is 0 Å². The second kappa shape index (κ2) is 10.8. The first kappa shape index (κ1) is 26.3. The maximum Gasteiger partial charge on any atom is 0.272 e. The Morgan fingerprint density at radius 1 is 0.974 bits per heavy atom. The lowest BCUT2D eigenvalue weighted by Crippen LogP contribution is -2.63. The Morgan fingerprint density at radius 3 is 2.45 bits per heavy atom. The molecule has 1 aromatic carbocycles. The minimum absolute atomic E-state index is 0.00366. The van der Waals surface area contributed by atoms with Gasteiger partial charge in [-0.2, -0.15) is 0 Å². The molecular weight excluding hydrogens is 472 g/mol. The lowest BCUT2D eigenvalue weighted by Gasteiger charge is -2.47. The van der Waals surface area contributed by atoms with Gasteiger partial charge in [-0.05, 0) is 64.2 Å². The molecule has 6 heteroatoms. The van der Waals surface area contributed by atoms with Crippen molar-refractivity contribution in [1.82, 2.24) is 14.8 Å². The quantitative estimate of drug-likeness (QED) is 0.510. The first-order chi connectivity index (χ1) is 18.2. The number of amides is 2. The highest BCUT2D eigenvalue weighted by Gasteiger charge is 2.41. The highest BCUT2D eigenvalue weighted by Crippen LogP contribution is 2.39. The smallest absolute Gasteiger partial charge is 0.272 e. The van der Waals surface area contributed by atoms with Crippen LogP contribution in [0.25, 0.3) is 0 Å². The number of hydrogen-bond acceptors (Lipinski definition) is 4. The molecule has 1 aromatic heterocycles. The molecule has 2 aliphatic heterocycles. The normalized spacial score (nSPS) is 25.4. The van der Waals surface area contributed by atoms with E-state index >= 15 is 0 Å². The number of rotatable bonds is 5. The topological polar surface area (TPSA) is 65.9 Å². The van der Waals surface area contributed by atoms with Gasteiger partial charge in [0, 0.05) is 43.1 Å². The number of benzene rings is 1.